The molecule has 16 heavy (non-hydrogen) atoms. The lowest BCUT2D eigenvalue weighted by Crippen LogP contribution is -2.48. The molecule has 1 fully saturated rings. The molecule has 0 radical (unpaired) electrons. The summed E-state index contributed by atoms with van der Waals surface area (Å²) in [6, 6.07) is 9.00. The lowest BCUT2D eigenvalue weighted by molar-refractivity contribution is -0.111. The number of rotatable bonds is 1. The van der Waals surface area contributed by atoms with E-state index >= 15 is 0 Å². The molecule has 84 valence electrons. The molecule has 0 spiro atoms. The Kier molecular flexibility index (Phi) is 2.43. The minimum Gasteiger partial charge on any atom is -0.368 e. The maximum Gasteiger partial charge on any atom is 0.125 e. The average Bonchev–Trinajstić information content (AvgIpc) is 2.38. The van der Waals surface area contributed by atoms with Crippen LogP contribution in [0.4, 0.5) is 5.69 Å². The molecule has 0 amide bonds. The second-order valence-electron chi connectivity index (χ2n) is 4.89. The van der Waals surface area contributed by atoms with Crippen LogP contribution < -0.4 is 4.90 Å². The zero-order valence-electron chi connectivity index (χ0n) is 9.43. The number of anilines is 1. The zero-order valence-corrected chi connectivity index (χ0v) is 9.43. The molecule has 2 aliphatic heterocycles. The van der Waals surface area contributed by atoms with Gasteiger partial charge in [0.25, 0.3) is 0 Å². The van der Waals surface area contributed by atoms with Gasteiger partial charge in [-0.05, 0) is 37.3 Å². The maximum absolute atomic E-state index is 11.2. The highest BCUT2D eigenvalue weighted by molar-refractivity contribution is 5.65. The Labute approximate surface area is 96.3 Å². The van der Waals surface area contributed by atoms with E-state index in [1.807, 2.05) is 0 Å². The Balaban J connectivity index is 2.03. The number of carbonyl (C=O) groups excluding carboxylic acids is 1. The SMILES string of the molecule is O=C[C@@H]1Cc2ccccc2N2CCCC[C@@H]12. The smallest absolute Gasteiger partial charge is 0.125 e. The van der Waals surface area contributed by atoms with Gasteiger partial charge in [-0.25, -0.2) is 0 Å². The molecule has 0 bridgehead atoms. The fourth-order valence-corrected chi connectivity index (χ4v) is 3.19. The number of carbonyl (C=O) groups is 1. The van der Waals surface area contributed by atoms with Gasteiger partial charge in [0.1, 0.15) is 6.29 Å². The molecule has 0 aromatic heterocycles. The van der Waals surface area contributed by atoms with Gasteiger partial charge in [-0.15, -0.1) is 0 Å². The van der Waals surface area contributed by atoms with Crippen LogP contribution in [-0.4, -0.2) is 18.9 Å². The van der Waals surface area contributed by atoms with Crippen molar-refractivity contribution in [2.75, 3.05) is 11.4 Å². The van der Waals surface area contributed by atoms with Gasteiger partial charge in [0.05, 0.1) is 0 Å². The van der Waals surface area contributed by atoms with E-state index in [1.165, 1.54) is 36.8 Å². The van der Waals surface area contributed by atoms with Crippen LogP contribution in [0.5, 0.6) is 0 Å². The number of para-hydroxylation sites is 1. The van der Waals surface area contributed by atoms with Gasteiger partial charge < -0.3 is 9.69 Å². The molecular weight excluding hydrogens is 198 g/mol. The molecule has 2 aliphatic rings. The molecule has 0 N–H and O–H groups in total. The number of nitrogens with zero attached hydrogens (tertiary/aromatic N) is 1. The summed E-state index contributed by atoms with van der Waals surface area (Å²) in [4.78, 5) is 13.7. The summed E-state index contributed by atoms with van der Waals surface area (Å²) in [6.45, 7) is 1.12. The molecule has 0 saturated carbocycles. The Morgan fingerprint density at radius 2 is 2.12 bits per heavy atom. The minimum absolute atomic E-state index is 0.204. The molecule has 0 unspecified atom stereocenters. The van der Waals surface area contributed by atoms with E-state index < -0.39 is 0 Å². The molecule has 2 atom stereocenters. The molecule has 2 nitrogen and oxygen atoms in total. The molecule has 1 aromatic rings. The number of aldehydes is 1. The van der Waals surface area contributed by atoms with Crippen molar-refractivity contribution in [2.24, 2.45) is 5.92 Å². The lowest BCUT2D eigenvalue weighted by Gasteiger charge is -2.45. The summed E-state index contributed by atoms with van der Waals surface area (Å²) in [5.41, 5.74) is 2.71. The van der Waals surface area contributed by atoms with Crippen molar-refractivity contribution in [2.45, 2.75) is 31.7 Å². The van der Waals surface area contributed by atoms with Crippen LogP contribution in [-0.2, 0) is 11.2 Å². The highest BCUT2D eigenvalue weighted by Crippen LogP contribution is 2.37. The molecule has 3 rings (SSSR count). The van der Waals surface area contributed by atoms with E-state index in [2.05, 4.69) is 29.2 Å². The maximum atomic E-state index is 11.2. The van der Waals surface area contributed by atoms with Crippen LogP contribution in [0.3, 0.4) is 0 Å². The summed E-state index contributed by atoms with van der Waals surface area (Å²) < 4.78 is 0. The largest absolute Gasteiger partial charge is 0.368 e. The topological polar surface area (TPSA) is 20.3 Å². The molecule has 2 heteroatoms. The van der Waals surface area contributed by atoms with Crippen molar-refractivity contribution in [3.8, 4) is 0 Å². The first-order chi connectivity index (χ1) is 7.90. The average molecular weight is 215 g/mol. The molecule has 1 aromatic carbocycles. The van der Waals surface area contributed by atoms with Gasteiger partial charge in [-0.1, -0.05) is 18.2 Å². The highest BCUT2D eigenvalue weighted by Gasteiger charge is 2.35. The van der Waals surface area contributed by atoms with Crippen molar-refractivity contribution < 1.29 is 4.79 Å². The molecular formula is C14H17NO. The van der Waals surface area contributed by atoms with E-state index in [0.717, 1.165) is 13.0 Å². The summed E-state index contributed by atoms with van der Waals surface area (Å²) >= 11 is 0. The van der Waals surface area contributed by atoms with Crippen molar-refractivity contribution in [1.82, 2.24) is 0 Å². The van der Waals surface area contributed by atoms with Crippen molar-refractivity contribution in [3.63, 3.8) is 0 Å². The third-order valence-corrected chi connectivity index (χ3v) is 3.97. The van der Waals surface area contributed by atoms with E-state index in [-0.39, 0.29) is 5.92 Å². The van der Waals surface area contributed by atoms with E-state index in [1.54, 1.807) is 0 Å². The van der Waals surface area contributed by atoms with Crippen molar-refractivity contribution in [1.29, 1.82) is 0 Å². The van der Waals surface area contributed by atoms with Crippen LogP contribution in [0.2, 0.25) is 0 Å². The summed E-state index contributed by atoms with van der Waals surface area (Å²) in [5, 5.41) is 0. The van der Waals surface area contributed by atoms with Gasteiger partial charge in [0.15, 0.2) is 0 Å². The standard InChI is InChI=1S/C14H17NO/c16-10-12-9-11-5-1-2-6-13(11)15-8-4-3-7-14(12)15/h1-2,5-6,10,12,14H,3-4,7-9H2/t12-,14-/m0/s1. The third-order valence-electron chi connectivity index (χ3n) is 3.97. The summed E-state index contributed by atoms with van der Waals surface area (Å²) in [7, 11) is 0. The summed E-state index contributed by atoms with van der Waals surface area (Å²) in [5.74, 6) is 0.204. The van der Waals surface area contributed by atoms with Crippen LogP contribution in [0, 0.1) is 5.92 Å². The minimum atomic E-state index is 0.204. The second-order valence-corrected chi connectivity index (χ2v) is 4.89. The Morgan fingerprint density at radius 3 is 3.00 bits per heavy atom. The fraction of sp³-hybridized carbons (Fsp3) is 0.500. The van der Waals surface area contributed by atoms with Gasteiger partial charge in [0, 0.05) is 24.2 Å². The fourth-order valence-electron chi connectivity index (χ4n) is 3.19. The monoisotopic (exact) mass is 215 g/mol. The number of fused-ring (bicyclic) bond motifs is 3. The Morgan fingerprint density at radius 1 is 1.25 bits per heavy atom. The van der Waals surface area contributed by atoms with Gasteiger partial charge in [0.2, 0.25) is 0 Å². The van der Waals surface area contributed by atoms with Crippen LogP contribution in [0.25, 0.3) is 0 Å². The van der Waals surface area contributed by atoms with Gasteiger partial charge in [-0.3, -0.25) is 0 Å². The van der Waals surface area contributed by atoms with E-state index in [4.69, 9.17) is 0 Å². The van der Waals surface area contributed by atoms with Gasteiger partial charge in [-0.2, -0.15) is 0 Å². The lowest BCUT2D eigenvalue weighted by atomic mass is 9.82. The third kappa shape index (κ3) is 1.44. The molecule has 2 heterocycles. The number of hydrogen-bond donors (Lipinski definition) is 0. The Bertz CT molecular complexity index is 401. The zero-order chi connectivity index (χ0) is 11.0. The normalized spacial score (nSPS) is 28.1. The second kappa shape index (κ2) is 3.93. The first kappa shape index (κ1) is 9.88. The molecule has 0 aliphatic carbocycles. The highest BCUT2D eigenvalue weighted by atomic mass is 16.1. The predicted octanol–water partition coefficient (Wildman–Crippen LogP) is 2.42. The quantitative estimate of drug-likeness (QED) is 0.670. The molecule has 1 saturated heterocycles. The Hall–Kier alpha value is -1.31. The van der Waals surface area contributed by atoms with E-state index in [0.29, 0.717) is 6.04 Å². The number of piperidine rings is 1. The van der Waals surface area contributed by atoms with Crippen LogP contribution in [0.15, 0.2) is 24.3 Å². The van der Waals surface area contributed by atoms with E-state index in [9.17, 15) is 4.79 Å². The summed E-state index contributed by atoms with van der Waals surface area (Å²) in [6.07, 6.45) is 5.81. The van der Waals surface area contributed by atoms with Crippen molar-refractivity contribution in [3.05, 3.63) is 29.8 Å². The van der Waals surface area contributed by atoms with Crippen LogP contribution in [0.1, 0.15) is 24.8 Å². The number of benzene rings is 1. The van der Waals surface area contributed by atoms with Gasteiger partial charge >= 0.3 is 0 Å². The first-order valence-corrected chi connectivity index (χ1v) is 6.20. The predicted molar refractivity (Wildman–Crippen MR) is 64.7 cm³/mol. The first-order valence-electron chi connectivity index (χ1n) is 6.20. The van der Waals surface area contributed by atoms with Crippen molar-refractivity contribution >= 4 is 12.0 Å². The van der Waals surface area contributed by atoms with Crippen LogP contribution >= 0.6 is 0 Å². The number of hydrogen-bond acceptors (Lipinski definition) is 2.